The molecule has 3 rings (SSSR count). The van der Waals surface area contributed by atoms with Crippen molar-refractivity contribution in [1.29, 1.82) is 0 Å². The van der Waals surface area contributed by atoms with Crippen molar-refractivity contribution >= 4 is 23.5 Å². The van der Waals surface area contributed by atoms with Crippen LogP contribution in [0.5, 0.6) is 11.5 Å². The van der Waals surface area contributed by atoms with Gasteiger partial charge in [0.05, 0.1) is 5.56 Å². The smallest absolute Gasteiger partial charge is 0.412 e. The highest BCUT2D eigenvalue weighted by Gasteiger charge is 2.19. The van der Waals surface area contributed by atoms with Gasteiger partial charge in [0.25, 0.3) is 0 Å². The Labute approximate surface area is 167 Å². The van der Waals surface area contributed by atoms with Gasteiger partial charge in [-0.05, 0) is 57.2 Å². The van der Waals surface area contributed by atoms with Gasteiger partial charge in [0, 0.05) is 11.3 Å². The number of rotatable bonds is 5. The third-order valence-corrected chi connectivity index (χ3v) is 3.77. The first-order valence-corrected chi connectivity index (χ1v) is 8.91. The number of hydrogen-bond acceptors (Lipinski definition) is 7. The summed E-state index contributed by atoms with van der Waals surface area (Å²) in [5, 5.41) is 2.55. The number of amides is 1. The molecule has 2 aromatic rings. The molecule has 0 aromatic heterocycles. The topological polar surface area (TPSA) is 100 Å². The van der Waals surface area contributed by atoms with E-state index in [1.54, 1.807) is 51.1 Å². The Morgan fingerprint density at radius 3 is 2.52 bits per heavy atom. The molecular formula is C21H21NO7. The average Bonchev–Trinajstić information content (AvgIpc) is 3.12. The summed E-state index contributed by atoms with van der Waals surface area (Å²) in [6.45, 7) is 4.92. The third kappa shape index (κ3) is 5.47. The van der Waals surface area contributed by atoms with Crippen molar-refractivity contribution in [2.45, 2.75) is 26.4 Å². The lowest BCUT2D eigenvalue weighted by Crippen LogP contribution is -2.27. The van der Waals surface area contributed by atoms with Crippen LogP contribution in [0.15, 0.2) is 42.5 Å². The molecule has 0 aliphatic carbocycles. The molecule has 1 aliphatic heterocycles. The Kier molecular flexibility index (Phi) is 5.72. The van der Waals surface area contributed by atoms with Crippen LogP contribution in [0.25, 0.3) is 0 Å². The second-order valence-corrected chi connectivity index (χ2v) is 7.28. The van der Waals surface area contributed by atoms with E-state index < -0.39 is 24.3 Å². The van der Waals surface area contributed by atoms with Crippen LogP contribution in [0, 0.1) is 0 Å². The second-order valence-electron chi connectivity index (χ2n) is 7.28. The van der Waals surface area contributed by atoms with Gasteiger partial charge in [0.15, 0.2) is 23.9 Å². The number of hydrogen-bond donors (Lipinski definition) is 1. The molecule has 1 N–H and O–H groups in total. The molecular weight excluding hydrogens is 378 g/mol. The predicted molar refractivity (Wildman–Crippen MR) is 103 cm³/mol. The van der Waals surface area contributed by atoms with Gasteiger partial charge in [-0.25, -0.2) is 9.59 Å². The maximum atomic E-state index is 12.3. The summed E-state index contributed by atoms with van der Waals surface area (Å²) in [5.41, 5.74) is 0.269. The van der Waals surface area contributed by atoms with E-state index in [0.717, 1.165) is 0 Å². The van der Waals surface area contributed by atoms with E-state index in [-0.39, 0.29) is 18.1 Å². The van der Waals surface area contributed by atoms with E-state index in [4.69, 9.17) is 18.9 Å². The summed E-state index contributed by atoms with van der Waals surface area (Å²) in [6, 6.07) is 10.9. The van der Waals surface area contributed by atoms with E-state index in [1.807, 2.05) is 0 Å². The lowest BCUT2D eigenvalue weighted by atomic mass is 10.1. The second kappa shape index (κ2) is 8.22. The zero-order chi connectivity index (χ0) is 21.0. The lowest BCUT2D eigenvalue weighted by Gasteiger charge is -2.19. The number of ether oxygens (including phenoxy) is 4. The maximum Gasteiger partial charge on any atom is 0.412 e. The number of anilines is 1. The van der Waals surface area contributed by atoms with Gasteiger partial charge in [-0.1, -0.05) is 6.07 Å². The number of carbonyl (C=O) groups excluding carboxylic acids is 3. The molecule has 0 bridgehead atoms. The van der Waals surface area contributed by atoms with Crippen molar-refractivity contribution in [3.8, 4) is 11.5 Å². The normalized spacial score (nSPS) is 12.2. The number of esters is 1. The number of ketones is 1. The Balaban J connectivity index is 1.58. The Hall–Kier alpha value is -3.55. The largest absolute Gasteiger partial charge is 0.454 e. The van der Waals surface area contributed by atoms with Gasteiger partial charge in [-0.2, -0.15) is 0 Å². The molecule has 1 aliphatic rings. The van der Waals surface area contributed by atoms with Crippen LogP contribution in [0.1, 0.15) is 41.5 Å². The summed E-state index contributed by atoms with van der Waals surface area (Å²) < 4.78 is 20.7. The summed E-state index contributed by atoms with van der Waals surface area (Å²) in [5.74, 6) is -0.0254. The number of nitrogens with one attached hydrogen (secondary N) is 1. The van der Waals surface area contributed by atoms with E-state index in [2.05, 4.69) is 5.32 Å². The fraction of sp³-hybridized carbons (Fsp3) is 0.286. The highest BCUT2D eigenvalue weighted by Crippen LogP contribution is 2.32. The van der Waals surface area contributed by atoms with Crippen molar-refractivity contribution in [2.24, 2.45) is 0 Å². The first kappa shape index (κ1) is 20.2. The molecule has 8 nitrogen and oxygen atoms in total. The molecule has 2 aromatic carbocycles. The summed E-state index contributed by atoms with van der Waals surface area (Å²) in [6.07, 6.45) is -0.638. The van der Waals surface area contributed by atoms with E-state index >= 15 is 0 Å². The molecule has 152 valence electrons. The van der Waals surface area contributed by atoms with Crippen LogP contribution >= 0.6 is 0 Å². The fourth-order valence-corrected chi connectivity index (χ4v) is 2.51. The van der Waals surface area contributed by atoms with Gasteiger partial charge in [-0.3, -0.25) is 10.1 Å². The van der Waals surface area contributed by atoms with Crippen LogP contribution in [0.2, 0.25) is 0 Å². The minimum absolute atomic E-state index is 0.107. The third-order valence-electron chi connectivity index (χ3n) is 3.77. The highest BCUT2D eigenvalue weighted by molar-refractivity contribution is 6.00. The molecule has 0 unspecified atom stereocenters. The first-order chi connectivity index (χ1) is 13.7. The summed E-state index contributed by atoms with van der Waals surface area (Å²) >= 11 is 0. The van der Waals surface area contributed by atoms with Gasteiger partial charge in [0.1, 0.15) is 5.60 Å². The minimum atomic E-state index is -0.688. The van der Waals surface area contributed by atoms with Crippen LogP contribution in [0.3, 0.4) is 0 Å². The standard InChI is InChI=1S/C21H21NO7/c1-21(2,3)29-20(25)22-15-6-4-5-14(9-15)19(24)26-11-16(23)13-7-8-17-18(10-13)28-12-27-17/h4-10H,11-12H2,1-3H3,(H,22,25). The average molecular weight is 399 g/mol. The maximum absolute atomic E-state index is 12.3. The number of fused-ring (bicyclic) bond motifs is 1. The lowest BCUT2D eigenvalue weighted by molar-refractivity contribution is 0.0474. The van der Waals surface area contributed by atoms with Gasteiger partial charge in [-0.15, -0.1) is 0 Å². The Morgan fingerprint density at radius 2 is 1.76 bits per heavy atom. The quantitative estimate of drug-likeness (QED) is 0.603. The number of benzene rings is 2. The van der Waals surface area contributed by atoms with Gasteiger partial charge < -0.3 is 18.9 Å². The Bertz CT molecular complexity index is 946. The summed E-state index contributed by atoms with van der Waals surface area (Å²) in [4.78, 5) is 36.4. The molecule has 0 spiro atoms. The van der Waals surface area contributed by atoms with Crippen molar-refractivity contribution in [2.75, 3.05) is 18.7 Å². The van der Waals surface area contributed by atoms with Gasteiger partial charge >= 0.3 is 12.1 Å². The SMILES string of the molecule is CC(C)(C)OC(=O)Nc1cccc(C(=O)OCC(=O)c2ccc3c(c2)OCO3)c1. The molecule has 0 fully saturated rings. The molecule has 1 heterocycles. The Morgan fingerprint density at radius 1 is 1.00 bits per heavy atom. The van der Waals surface area contributed by atoms with Crippen molar-refractivity contribution in [3.05, 3.63) is 53.6 Å². The van der Waals surface area contributed by atoms with Crippen LogP contribution < -0.4 is 14.8 Å². The van der Waals surface area contributed by atoms with Crippen molar-refractivity contribution in [3.63, 3.8) is 0 Å². The molecule has 0 saturated carbocycles. The highest BCUT2D eigenvalue weighted by atomic mass is 16.7. The molecule has 8 heteroatoms. The molecule has 0 atom stereocenters. The summed E-state index contributed by atoms with van der Waals surface area (Å²) in [7, 11) is 0. The van der Waals surface area contributed by atoms with Crippen LogP contribution in [0.4, 0.5) is 10.5 Å². The number of carbonyl (C=O) groups is 3. The van der Waals surface area contributed by atoms with Crippen molar-refractivity contribution in [1.82, 2.24) is 0 Å². The zero-order valence-electron chi connectivity index (χ0n) is 16.3. The van der Waals surface area contributed by atoms with Crippen LogP contribution in [-0.2, 0) is 9.47 Å². The van der Waals surface area contributed by atoms with Gasteiger partial charge in [0.2, 0.25) is 6.79 Å². The molecule has 29 heavy (non-hydrogen) atoms. The van der Waals surface area contributed by atoms with Crippen molar-refractivity contribution < 1.29 is 33.3 Å². The predicted octanol–water partition coefficient (Wildman–Crippen LogP) is 3.80. The van der Waals surface area contributed by atoms with Crippen LogP contribution in [-0.4, -0.2) is 36.8 Å². The van der Waals surface area contributed by atoms with E-state index in [9.17, 15) is 14.4 Å². The molecule has 0 saturated heterocycles. The first-order valence-electron chi connectivity index (χ1n) is 8.91. The zero-order valence-corrected chi connectivity index (χ0v) is 16.3. The van der Waals surface area contributed by atoms with E-state index in [1.165, 1.54) is 12.1 Å². The molecule has 0 radical (unpaired) electrons. The fourth-order valence-electron chi connectivity index (χ4n) is 2.51. The number of Topliss-reactive ketones (excluding diaryl/α,β-unsaturated/α-hetero) is 1. The monoisotopic (exact) mass is 399 g/mol. The molecule has 1 amide bonds. The van der Waals surface area contributed by atoms with E-state index in [0.29, 0.717) is 22.7 Å². The minimum Gasteiger partial charge on any atom is -0.454 e.